The second-order valence-electron chi connectivity index (χ2n) is 5.58. The van der Waals surface area contributed by atoms with E-state index >= 15 is 0 Å². The third-order valence-electron chi connectivity index (χ3n) is 3.90. The summed E-state index contributed by atoms with van der Waals surface area (Å²) in [5, 5.41) is 5.99. The zero-order valence-corrected chi connectivity index (χ0v) is 12.7. The summed E-state index contributed by atoms with van der Waals surface area (Å²) in [6.07, 6.45) is 10.2. The third-order valence-corrected chi connectivity index (χ3v) is 3.90. The van der Waals surface area contributed by atoms with Crippen molar-refractivity contribution in [3.05, 3.63) is 23.9 Å². The largest absolute Gasteiger partial charge is 0.481 e. The first-order chi connectivity index (χ1) is 10.3. The Morgan fingerprint density at radius 3 is 2.71 bits per heavy atom. The highest BCUT2D eigenvalue weighted by Crippen LogP contribution is 2.17. The molecule has 1 aliphatic carbocycles. The first-order valence-electron chi connectivity index (χ1n) is 7.81. The Morgan fingerprint density at radius 2 is 2.00 bits per heavy atom. The van der Waals surface area contributed by atoms with Gasteiger partial charge in [0.1, 0.15) is 0 Å². The van der Waals surface area contributed by atoms with Crippen LogP contribution in [-0.4, -0.2) is 24.2 Å². The Bertz CT molecular complexity index is 443. The van der Waals surface area contributed by atoms with Crippen LogP contribution in [0.25, 0.3) is 0 Å². The van der Waals surface area contributed by atoms with Crippen LogP contribution < -0.4 is 15.4 Å². The number of carbonyl (C=O) groups excluding carboxylic acids is 1. The number of amides is 2. The van der Waals surface area contributed by atoms with Gasteiger partial charge in [-0.25, -0.2) is 9.78 Å². The lowest BCUT2D eigenvalue weighted by Gasteiger charge is -2.21. The van der Waals surface area contributed by atoms with Gasteiger partial charge in [0.25, 0.3) is 0 Å². The second-order valence-corrected chi connectivity index (χ2v) is 5.58. The standard InChI is InChI=1S/C16H25N3O2/c1-21-15-11-13(9-10-17-15)12-18-16(20)19-14-7-5-3-2-4-6-8-14/h9-11,14H,2-8,12H2,1H3,(H2,18,19,20). The highest BCUT2D eigenvalue weighted by molar-refractivity contribution is 5.74. The maximum atomic E-state index is 12.0. The van der Waals surface area contributed by atoms with Gasteiger partial charge in [-0.1, -0.05) is 32.1 Å². The maximum absolute atomic E-state index is 12.0. The monoisotopic (exact) mass is 291 g/mol. The summed E-state index contributed by atoms with van der Waals surface area (Å²) in [6, 6.07) is 3.93. The van der Waals surface area contributed by atoms with Crippen LogP contribution in [0.2, 0.25) is 0 Å². The third kappa shape index (κ3) is 5.61. The van der Waals surface area contributed by atoms with E-state index < -0.39 is 0 Å². The minimum atomic E-state index is -0.0867. The van der Waals surface area contributed by atoms with Gasteiger partial charge in [0.15, 0.2) is 0 Å². The van der Waals surface area contributed by atoms with Gasteiger partial charge in [0.05, 0.1) is 7.11 Å². The lowest BCUT2D eigenvalue weighted by atomic mass is 9.97. The van der Waals surface area contributed by atoms with Crippen LogP contribution in [0.5, 0.6) is 5.88 Å². The van der Waals surface area contributed by atoms with Gasteiger partial charge >= 0.3 is 6.03 Å². The molecule has 1 aliphatic rings. The van der Waals surface area contributed by atoms with E-state index in [0.29, 0.717) is 18.5 Å². The molecule has 5 heteroatoms. The SMILES string of the molecule is COc1cc(CNC(=O)NC2CCCCCCC2)ccn1. The molecular weight excluding hydrogens is 266 g/mol. The minimum absolute atomic E-state index is 0.0867. The molecule has 116 valence electrons. The average molecular weight is 291 g/mol. The fourth-order valence-electron chi connectivity index (χ4n) is 2.69. The van der Waals surface area contributed by atoms with E-state index in [9.17, 15) is 4.79 Å². The van der Waals surface area contributed by atoms with Gasteiger partial charge in [-0.3, -0.25) is 0 Å². The number of nitrogens with one attached hydrogen (secondary N) is 2. The Labute approximate surface area is 126 Å². The molecule has 0 radical (unpaired) electrons. The van der Waals surface area contributed by atoms with Crippen molar-refractivity contribution < 1.29 is 9.53 Å². The molecule has 0 spiro atoms. The Kier molecular flexibility index (Phi) is 6.31. The molecule has 2 rings (SSSR count). The molecule has 1 aromatic heterocycles. The van der Waals surface area contributed by atoms with E-state index in [-0.39, 0.29) is 6.03 Å². The molecule has 0 bridgehead atoms. The number of nitrogens with zero attached hydrogens (tertiary/aromatic N) is 1. The van der Waals surface area contributed by atoms with E-state index in [0.717, 1.165) is 18.4 Å². The number of carbonyl (C=O) groups is 1. The van der Waals surface area contributed by atoms with Crippen LogP contribution in [0.15, 0.2) is 18.3 Å². The fraction of sp³-hybridized carbons (Fsp3) is 0.625. The van der Waals surface area contributed by atoms with Crippen molar-refractivity contribution >= 4 is 6.03 Å². The van der Waals surface area contributed by atoms with Gasteiger partial charge < -0.3 is 15.4 Å². The first kappa shape index (κ1) is 15.6. The van der Waals surface area contributed by atoms with Crippen LogP contribution >= 0.6 is 0 Å². The van der Waals surface area contributed by atoms with E-state index in [1.54, 1.807) is 13.3 Å². The Hall–Kier alpha value is -1.78. The smallest absolute Gasteiger partial charge is 0.315 e. The van der Waals surface area contributed by atoms with Crippen molar-refractivity contribution in [3.63, 3.8) is 0 Å². The molecule has 1 saturated carbocycles. The Morgan fingerprint density at radius 1 is 1.29 bits per heavy atom. The number of urea groups is 1. The molecule has 0 unspecified atom stereocenters. The number of hydrogen-bond acceptors (Lipinski definition) is 3. The molecule has 21 heavy (non-hydrogen) atoms. The highest BCUT2D eigenvalue weighted by atomic mass is 16.5. The maximum Gasteiger partial charge on any atom is 0.315 e. The number of hydrogen-bond donors (Lipinski definition) is 2. The van der Waals surface area contributed by atoms with Crippen LogP contribution in [0.1, 0.15) is 50.5 Å². The summed E-state index contributed by atoms with van der Waals surface area (Å²) < 4.78 is 5.07. The summed E-state index contributed by atoms with van der Waals surface area (Å²) in [4.78, 5) is 16.0. The molecule has 0 atom stereocenters. The number of rotatable bonds is 4. The van der Waals surface area contributed by atoms with Crippen LogP contribution in [0, 0.1) is 0 Å². The van der Waals surface area contributed by atoms with Crippen molar-refractivity contribution in [2.45, 2.75) is 57.5 Å². The average Bonchev–Trinajstić information content (AvgIpc) is 2.48. The number of methoxy groups -OCH3 is 1. The number of ether oxygens (including phenoxy) is 1. The van der Waals surface area contributed by atoms with Crippen molar-refractivity contribution in [1.82, 2.24) is 15.6 Å². The zero-order valence-electron chi connectivity index (χ0n) is 12.7. The van der Waals surface area contributed by atoms with Gasteiger partial charge in [-0.15, -0.1) is 0 Å². The molecule has 0 aromatic carbocycles. The van der Waals surface area contributed by atoms with Crippen molar-refractivity contribution in [1.29, 1.82) is 0 Å². The zero-order chi connectivity index (χ0) is 14.9. The molecule has 1 aromatic rings. The predicted molar refractivity (Wildman–Crippen MR) is 82.3 cm³/mol. The Balaban J connectivity index is 1.75. The molecule has 0 aliphatic heterocycles. The molecule has 1 fully saturated rings. The summed E-state index contributed by atoms with van der Waals surface area (Å²) in [7, 11) is 1.58. The molecule has 1 heterocycles. The van der Waals surface area contributed by atoms with E-state index in [2.05, 4.69) is 15.6 Å². The van der Waals surface area contributed by atoms with Gasteiger partial charge in [-0.05, 0) is 24.5 Å². The van der Waals surface area contributed by atoms with Gasteiger partial charge in [0, 0.05) is 24.8 Å². The van der Waals surface area contributed by atoms with E-state index in [4.69, 9.17) is 4.74 Å². The van der Waals surface area contributed by atoms with Crippen LogP contribution in [-0.2, 0) is 6.54 Å². The number of aromatic nitrogens is 1. The minimum Gasteiger partial charge on any atom is -0.481 e. The first-order valence-corrected chi connectivity index (χ1v) is 7.81. The summed E-state index contributed by atoms with van der Waals surface area (Å²) in [6.45, 7) is 0.484. The van der Waals surface area contributed by atoms with Crippen LogP contribution in [0.3, 0.4) is 0 Å². The number of pyridine rings is 1. The van der Waals surface area contributed by atoms with E-state index in [1.165, 1.54) is 32.1 Å². The lowest BCUT2D eigenvalue weighted by Crippen LogP contribution is -2.42. The summed E-state index contributed by atoms with van der Waals surface area (Å²) in [5.74, 6) is 0.565. The van der Waals surface area contributed by atoms with Gasteiger partial charge in [0.2, 0.25) is 5.88 Å². The molecule has 2 amide bonds. The van der Waals surface area contributed by atoms with Crippen molar-refractivity contribution in [2.75, 3.05) is 7.11 Å². The van der Waals surface area contributed by atoms with Crippen LogP contribution in [0.4, 0.5) is 4.79 Å². The quantitative estimate of drug-likeness (QED) is 0.896. The molecule has 0 saturated heterocycles. The van der Waals surface area contributed by atoms with E-state index in [1.807, 2.05) is 12.1 Å². The topological polar surface area (TPSA) is 63.2 Å². The normalized spacial score (nSPS) is 16.6. The van der Waals surface area contributed by atoms with Crippen molar-refractivity contribution in [2.24, 2.45) is 0 Å². The molecule has 2 N–H and O–H groups in total. The summed E-state index contributed by atoms with van der Waals surface area (Å²) >= 11 is 0. The van der Waals surface area contributed by atoms with Gasteiger partial charge in [-0.2, -0.15) is 0 Å². The molecular formula is C16H25N3O2. The summed E-state index contributed by atoms with van der Waals surface area (Å²) in [5.41, 5.74) is 0.981. The lowest BCUT2D eigenvalue weighted by molar-refractivity contribution is 0.233. The predicted octanol–water partition coefficient (Wildman–Crippen LogP) is 3.00. The second kappa shape index (κ2) is 8.49. The fourth-order valence-corrected chi connectivity index (χ4v) is 2.69. The van der Waals surface area contributed by atoms with Crippen molar-refractivity contribution in [3.8, 4) is 5.88 Å². The molecule has 5 nitrogen and oxygen atoms in total. The highest BCUT2D eigenvalue weighted by Gasteiger charge is 2.13.